The Morgan fingerprint density at radius 1 is 1.07 bits per heavy atom. The Kier molecular flexibility index (Phi) is 3.39. The van der Waals surface area contributed by atoms with Gasteiger partial charge in [-0.25, -0.2) is 0 Å². The zero-order chi connectivity index (χ0) is 10.7. The van der Waals surface area contributed by atoms with Crippen LogP contribution in [0, 0.1) is 5.92 Å². The number of Topliss-reactive ketones (excluding diaryl/α,β-unsaturated/α-hetero) is 1. The molecule has 0 radical (unpaired) electrons. The Bertz CT molecular complexity index is 252. The molecule has 1 heterocycles. The number of carbonyl (C=O) groups is 2. The highest BCUT2D eigenvalue weighted by atomic mass is 16.2. The lowest BCUT2D eigenvalue weighted by atomic mass is 9.87. The summed E-state index contributed by atoms with van der Waals surface area (Å²) in [5, 5.41) is 0. The van der Waals surface area contributed by atoms with Crippen molar-refractivity contribution in [1.82, 2.24) is 4.90 Å². The molecule has 0 aromatic heterocycles. The minimum absolute atomic E-state index is 0.318. The molecule has 0 aromatic rings. The van der Waals surface area contributed by atoms with Crippen LogP contribution in [0.25, 0.3) is 0 Å². The SMILES string of the molecule is O=C1CCC(CN2CCCCC2=O)CC1. The van der Waals surface area contributed by atoms with E-state index in [0.717, 1.165) is 58.0 Å². The van der Waals surface area contributed by atoms with Gasteiger partial charge in [-0.2, -0.15) is 0 Å². The fourth-order valence-electron chi connectivity index (χ4n) is 2.55. The van der Waals surface area contributed by atoms with E-state index in [4.69, 9.17) is 0 Å². The zero-order valence-corrected chi connectivity index (χ0v) is 9.21. The zero-order valence-electron chi connectivity index (χ0n) is 9.21. The molecule has 0 atom stereocenters. The van der Waals surface area contributed by atoms with Gasteiger partial charge in [-0.05, 0) is 31.6 Å². The van der Waals surface area contributed by atoms with E-state index in [1.807, 2.05) is 4.90 Å². The third kappa shape index (κ3) is 2.80. The first-order valence-corrected chi connectivity index (χ1v) is 6.05. The molecular formula is C12H19NO2. The van der Waals surface area contributed by atoms with Crippen LogP contribution in [0.1, 0.15) is 44.9 Å². The Morgan fingerprint density at radius 2 is 1.80 bits per heavy atom. The summed E-state index contributed by atoms with van der Waals surface area (Å²) < 4.78 is 0. The second kappa shape index (κ2) is 4.77. The second-order valence-electron chi connectivity index (χ2n) is 4.78. The van der Waals surface area contributed by atoms with E-state index >= 15 is 0 Å². The summed E-state index contributed by atoms with van der Waals surface area (Å²) in [6, 6.07) is 0. The highest BCUT2D eigenvalue weighted by molar-refractivity contribution is 5.79. The molecule has 84 valence electrons. The van der Waals surface area contributed by atoms with Crippen molar-refractivity contribution in [2.45, 2.75) is 44.9 Å². The normalized spacial score (nSPS) is 24.7. The molecule has 2 aliphatic rings. The van der Waals surface area contributed by atoms with Gasteiger partial charge in [0.1, 0.15) is 5.78 Å². The number of hydrogen-bond acceptors (Lipinski definition) is 2. The van der Waals surface area contributed by atoms with Gasteiger partial charge in [-0.15, -0.1) is 0 Å². The standard InChI is InChI=1S/C12H19NO2/c14-11-6-4-10(5-7-11)9-13-8-2-1-3-12(13)15/h10H,1-9H2. The molecule has 0 N–H and O–H groups in total. The van der Waals surface area contributed by atoms with Gasteiger partial charge in [-0.1, -0.05) is 0 Å². The third-order valence-corrected chi connectivity index (χ3v) is 3.56. The molecule has 1 saturated heterocycles. The summed E-state index contributed by atoms with van der Waals surface area (Å²) in [7, 11) is 0. The van der Waals surface area contributed by atoms with Crippen molar-refractivity contribution < 1.29 is 9.59 Å². The van der Waals surface area contributed by atoms with Crippen LogP contribution in [0.5, 0.6) is 0 Å². The first-order chi connectivity index (χ1) is 7.25. The van der Waals surface area contributed by atoms with Crippen LogP contribution in [0.15, 0.2) is 0 Å². The molecule has 2 rings (SSSR count). The molecule has 1 aliphatic carbocycles. The monoisotopic (exact) mass is 209 g/mol. The average molecular weight is 209 g/mol. The fraction of sp³-hybridized carbons (Fsp3) is 0.833. The Hall–Kier alpha value is -0.860. The Labute approximate surface area is 90.8 Å². The summed E-state index contributed by atoms with van der Waals surface area (Å²) >= 11 is 0. The van der Waals surface area contributed by atoms with Crippen molar-refractivity contribution in [2.75, 3.05) is 13.1 Å². The number of hydrogen-bond donors (Lipinski definition) is 0. The van der Waals surface area contributed by atoms with E-state index < -0.39 is 0 Å². The van der Waals surface area contributed by atoms with E-state index in [1.54, 1.807) is 0 Å². The topological polar surface area (TPSA) is 37.4 Å². The molecule has 0 spiro atoms. The van der Waals surface area contributed by atoms with Crippen LogP contribution in [0.4, 0.5) is 0 Å². The number of likely N-dealkylation sites (tertiary alicyclic amines) is 1. The summed E-state index contributed by atoms with van der Waals surface area (Å²) in [5.74, 6) is 1.29. The second-order valence-corrected chi connectivity index (χ2v) is 4.78. The minimum Gasteiger partial charge on any atom is -0.342 e. The van der Waals surface area contributed by atoms with Crippen molar-refractivity contribution in [1.29, 1.82) is 0 Å². The largest absolute Gasteiger partial charge is 0.342 e. The van der Waals surface area contributed by atoms with E-state index in [2.05, 4.69) is 0 Å². The first kappa shape index (κ1) is 10.7. The lowest BCUT2D eigenvalue weighted by Gasteiger charge is -2.32. The van der Waals surface area contributed by atoms with Gasteiger partial charge in [0.25, 0.3) is 0 Å². The molecular weight excluding hydrogens is 190 g/mol. The smallest absolute Gasteiger partial charge is 0.222 e. The number of piperidine rings is 1. The maximum absolute atomic E-state index is 11.6. The molecule has 0 aromatic carbocycles. The van der Waals surface area contributed by atoms with Gasteiger partial charge < -0.3 is 4.90 Å². The van der Waals surface area contributed by atoms with Gasteiger partial charge in [0.05, 0.1) is 0 Å². The van der Waals surface area contributed by atoms with Crippen LogP contribution < -0.4 is 0 Å². The molecule has 1 aliphatic heterocycles. The van der Waals surface area contributed by atoms with E-state index in [-0.39, 0.29) is 0 Å². The maximum atomic E-state index is 11.6. The fourth-order valence-corrected chi connectivity index (χ4v) is 2.55. The molecule has 15 heavy (non-hydrogen) atoms. The Morgan fingerprint density at radius 3 is 2.47 bits per heavy atom. The average Bonchev–Trinajstić information content (AvgIpc) is 2.25. The summed E-state index contributed by atoms with van der Waals surface area (Å²) in [4.78, 5) is 24.7. The number of amides is 1. The van der Waals surface area contributed by atoms with Gasteiger partial charge in [0.2, 0.25) is 5.91 Å². The lowest BCUT2D eigenvalue weighted by molar-refractivity contribution is -0.134. The number of ketones is 1. The molecule has 0 unspecified atom stereocenters. The summed E-state index contributed by atoms with van der Waals surface area (Å²) in [6.07, 6.45) is 6.37. The predicted molar refractivity (Wildman–Crippen MR) is 57.4 cm³/mol. The van der Waals surface area contributed by atoms with Crippen LogP contribution in [0.3, 0.4) is 0 Å². The highest BCUT2D eigenvalue weighted by Crippen LogP contribution is 2.23. The minimum atomic E-state index is 0.318. The number of carbonyl (C=O) groups excluding carboxylic acids is 2. The lowest BCUT2D eigenvalue weighted by Crippen LogP contribution is -2.39. The molecule has 0 bridgehead atoms. The van der Waals surface area contributed by atoms with Crippen molar-refractivity contribution in [3.05, 3.63) is 0 Å². The maximum Gasteiger partial charge on any atom is 0.222 e. The van der Waals surface area contributed by atoms with E-state index in [1.165, 1.54) is 0 Å². The summed E-state index contributed by atoms with van der Waals surface area (Å²) in [5.41, 5.74) is 0. The molecule has 1 amide bonds. The highest BCUT2D eigenvalue weighted by Gasteiger charge is 2.24. The molecule has 1 saturated carbocycles. The van der Waals surface area contributed by atoms with E-state index in [9.17, 15) is 9.59 Å². The number of nitrogens with zero attached hydrogens (tertiary/aromatic N) is 1. The van der Waals surface area contributed by atoms with Gasteiger partial charge in [0, 0.05) is 32.4 Å². The first-order valence-electron chi connectivity index (χ1n) is 6.05. The molecule has 3 nitrogen and oxygen atoms in total. The van der Waals surface area contributed by atoms with Crippen molar-refractivity contribution in [2.24, 2.45) is 5.92 Å². The van der Waals surface area contributed by atoms with Crippen LogP contribution in [0.2, 0.25) is 0 Å². The number of rotatable bonds is 2. The third-order valence-electron chi connectivity index (χ3n) is 3.56. The summed E-state index contributed by atoms with van der Waals surface area (Å²) in [6.45, 7) is 1.83. The predicted octanol–water partition coefficient (Wildman–Crippen LogP) is 1.76. The Balaban J connectivity index is 1.80. The molecule has 3 heteroatoms. The van der Waals surface area contributed by atoms with Gasteiger partial charge in [-0.3, -0.25) is 9.59 Å². The van der Waals surface area contributed by atoms with Crippen molar-refractivity contribution in [3.63, 3.8) is 0 Å². The van der Waals surface area contributed by atoms with Gasteiger partial charge >= 0.3 is 0 Å². The van der Waals surface area contributed by atoms with Crippen molar-refractivity contribution >= 4 is 11.7 Å². The van der Waals surface area contributed by atoms with Crippen LogP contribution in [-0.2, 0) is 9.59 Å². The quantitative estimate of drug-likeness (QED) is 0.695. The van der Waals surface area contributed by atoms with Gasteiger partial charge in [0.15, 0.2) is 0 Å². The molecule has 2 fully saturated rings. The van der Waals surface area contributed by atoms with Crippen LogP contribution >= 0.6 is 0 Å². The van der Waals surface area contributed by atoms with Crippen molar-refractivity contribution in [3.8, 4) is 0 Å². The van der Waals surface area contributed by atoms with E-state index in [0.29, 0.717) is 17.6 Å². The van der Waals surface area contributed by atoms with Crippen LogP contribution in [-0.4, -0.2) is 29.7 Å².